The average Bonchev–Trinajstić information content (AvgIpc) is 2.39. The normalized spacial score (nSPS) is 18.5. The first-order valence-electron chi connectivity index (χ1n) is 6.29. The van der Waals surface area contributed by atoms with Crippen LogP contribution in [0.25, 0.3) is 0 Å². The molecule has 1 aromatic rings. The highest BCUT2D eigenvalue weighted by molar-refractivity contribution is 7.89. The van der Waals surface area contributed by atoms with Crippen molar-refractivity contribution in [2.24, 2.45) is 5.92 Å². The number of hydrogen-bond acceptors (Lipinski definition) is 3. The predicted octanol–water partition coefficient (Wildman–Crippen LogP) is 2.25. The van der Waals surface area contributed by atoms with Gasteiger partial charge in [-0.05, 0) is 37.0 Å². The summed E-state index contributed by atoms with van der Waals surface area (Å²) in [6, 6.07) is 3.75. The smallest absolute Gasteiger partial charge is 0.243 e. The zero-order valence-corrected chi connectivity index (χ0v) is 11.9. The Morgan fingerprint density at radius 1 is 1.32 bits per heavy atom. The van der Waals surface area contributed by atoms with Gasteiger partial charge in [0.05, 0.1) is 12.0 Å². The summed E-state index contributed by atoms with van der Waals surface area (Å²) in [6.45, 7) is 3.10. The maximum atomic E-state index is 13.6. The monoisotopic (exact) mass is 287 g/mol. The van der Waals surface area contributed by atoms with Crippen molar-refractivity contribution >= 4 is 10.0 Å². The van der Waals surface area contributed by atoms with E-state index in [9.17, 15) is 12.8 Å². The number of nitrogens with zero attached hydrogens (tertiary/aromatic N) is 1. The molecule has 0 spiro atoms. The molecular weight excluding hydrogens is 269 g/mol. The van der Waals surface area contributed by atoms with Crippen molar-refractivity contribution in [1.82, 2.24) is 4.31 Å². The molecular formula is C13H18FNO3S. The van der Waals surface area contributed by atoms with Crippen LogP contribution in [0.3, 0.4) is 0 Å². The van der Waals surface area contributed by atoms with Gasteiger partial charge in [-0.25, -0.2) is 12.8 Å². The first kappa shape index (κ1) is 14.3. The zero-order valence-electron chi connectivity index (χ0n) is 11.1. The third-order valence-corrected chi connectivity index (χ3v) is 5.40. The van der Waals surface area contributed by atoms with Gasteiger partial charge < -0.3 is 4.74 Å². The fourth-order valence-corrected chi connectivity index (χ4v) is 3.66. The van der Waals surface area contributed by atoms with Gasteiger partial charge in [0.1, 0.15) is 0 Å². The molecule has 0 unspecified atom stereocenters. The number of sulfonamides is 1. The quantitative estimate of drug-likeness (QED) is 0.856. The molecule has 0 bridgehead atoms. The van der Waals surface area contributed by atoms with Crippen molar-refractivity contribution in [3.05, 3.63) is 24.0 Å². The van der Waals surface area contributed by atoms with E-state index in [-0.39, 0.29) is 10.6 Å². The molecule has 1 heterocycles. The van der Waals surface area contributed by atoms with E-state index >= 15 is 0 Å². The van der Waals surface area contributed by atoms with E-state index in [0.29, 0.717) is 19.0 Å². The third-order valence-electron chi connectivity index (χ3n) is 3.50. The van der Waals surface area contributed by atoms with E-state index in [1.54, 1.807) is 0 Å². The van der Waals surface area contributed by atoms with Crippen LogP contribution >= 0.6 is 0 Å². The minimum Gasteiger partial charge on any atom is -0.494 e. The van der Waals surface area contributed by atoms with Crippen molar-refractivity contribution < 1.29 is 17.5 Å². The van der Waals surface area contributed by atoms with Crippen molar-refractivity contribution in [3.63, 3.8) is 0 Å². The van der Waals surface area contributed by atoms with E-state index in [1.807, 2.05) is 0 Å². The van der Waals surface area contributed by atoms with Crippen LogP contribution in [0.15, 0.2) is 23.1 Å². The Labute approximate surface area is 113 Å². The summed E-state index contributed by atoms with van der Waals surface area (Å²) in [6.07, 6.45) is 1.69. The van der Waals surface area contributed by atoms with Crippen LogP contribution in [0.2, 0.25) is 0 Å². The highest BCUT2D eigenvalue weighted by Gasteiger charge is 2.28. The summed E-state index contributed by atoms with van der Waals surface area (Å²) in [4.78, 5) is -0.0136. The van der Waals surface area contributed by atoms with Gasteiger partial charge in [0, 0.05) is 13.1 Å². The molecule has 6 heteroatoms. The van der Waals surface area contributed by atoms with E-state index in [2.05, 4.69) is 6.92 Å². The summed E-state index contributed by atoms with van der Waals surface area (Å²) in [5.41, 5.74) is 0. The van der Waals surface area contributed by atoms with Gasteiger partial charge >= 0.3 is 0 Å². The summed E-state index contributed by atoms with van der Waals surface area (Å²) in [5.74, 6) is -0.0702. The average molecular weight is 287 g/mol. The number of ether oxygens (including phenoxy) is 1. The number of piperidine rings is 1. The predicted molar refractivity (Wildman–Crippen MR) is 70.1 cm³/mol. The van der Waals surface area contributed by atoms with Gasteiger partial charge in [0.25, 0.3) is 0 Å². The molecule has 0 saturated carbocycles. The Morgan fingerprint density at radius 2 is 1.95 bits per heavy atom. The Bertz CT molecular complexity index is 551. The minimum atomic E-state index is -3.60. The van der Waals surface area contributed by atoms with Crippen LogP contribution in [0.1, 0.15) is 19.8 Å². The molecule has 1 aliphatic heterocycles. The molecule has 1 saturated heterocycles. The van der Waals surface area contributed by atoms with E-state index in [4.69, 9.17) is 4.74 Å². The molecule has 1 fully saturated rings. The first-order chi connectivity index (χ1) is 8.95. The fourth-order valence-electron chi connectivity index (χ4n) is 2.18. The molecule has 19 heavy (non-hydrogen) atoms. The SMILES string of the molecule is COc1ccc(S(=O)(=O)N2CCC(C)CC2)cc1F. The summed E-state index contributed by atoms with van der Waals surface area (Å²) < 4.78 is 44.5. The maximum Gasteiger partial charge on any atom is 0.243 e. The molecule has 0 atom stereocenters. The second kappa shape index (κ2) is 5.46. The van der Waals surface area contributed by atoms with Crippen LogP contribution < -0.4 is 4.74 Å². The van der Waals surface area contributed by atoms with Gasteiger partial charge in [-0.1, -0.05) is 6.92 Å². The van der Waals surface area contributed by atoms with Gasteiger partial charge in [0.15, 0.2) is 11.6 Å². The van der Waals surface area contributed by atoms with Gasteiger partial charge in [-0.3, -0.25) is 0 Å². The zero-order chi connectivity index (χ0) is 14.0. The van der Waals surface area contributed by atoms with Crippen LogP contribution in [0.4, 0.5) is 4.39 Å². The second-order valence-corrected chi connectivity index (χ2v) is 6.82. The van der Waals surface area contributed by atoms with E-state index in [1.165, 1.54) is 23.5 Å². The molecule has 1 aliphatic rings. The van der Waals surface area contributed by atoms with E-state index in [0.717, 1.165) is 18.9 Å². The van der Waals surface area contributed by atoms with Crippen molar-refractivity contribution in [3.8, 4) is 5.75 Å². The highest BCUT2D eigenvalue weighted by Crippen LogP contribution is 2.26. The molecule has 0 aliphatic carbocycles. The van der Waals surface area contributed by atoms with Crippen LogP contribution in [0.5, 0.6) is 5.75 Å². The number of methoxy groups -OCH3 is 1. The lowest BCUT2D eigenvalue weighted by atomic mass is 10.0. The minimum absolute atomic E-state index is 0.0136. The highest BCUT2D eigenvalue weighted by atomic mass is 32.2. The Balaban J connectivity index is 2.27. The van der Waals surface area contributed by atoms with Gasteiger partial charge in [-0.2, -0.15) is 4.31 Å². The Kier molecular flexibility index (Phi) is 4.10. The molecule has 2 rings (SSSR count). The third kappa shape index (κ3) is 2.90. The van der Waals surface area contributed by atoms with Crippen LogP contribution in [-0.4, -0.2) is 32.9 Å². The molecule has 0 N–H and O–H groups in total. The summed E-state index contributed by atoms with van der Waals surface area (Å²) >= 11 is 0. The lowest BCUT2D eigenvalue weighted by Crippen LogP contribution is -2.37. The van der Waals surface area contributed by atoms with Crippen molar-refractivity contribution in [1.29, 1.82) is 0 Å². The van der Waals surface area contributed by atoms with Crippen molar-refractivity contribution in [2.45, 2.75) is 24.7 Å². The van der Waals surface area contributed by atoms with Crippen molar-refractivity contribution in [2.75, 3.05) is 20.2 Å². The Morgan fingerprint density at radius 3 is 2.47 bits per heavy atom. The molecule has 0 amide bonds. The number of benzene rings is 1. The topological polar surface area (TPSA) is 46.6 Å². The van der Waals surface area contributed by atoms with E-state index < -0.39 is 15.8 Å². The first-order valence-corrected chi connectivity index (χ1v) is 7.73. The maximum absolute atomic E-state index is 13.6. The summed E-state index contributed by atoms with van der Waals surface area (Å²) in [5, 5.41) is 0. The number of rotatable bonds is 3. The second-order valence-electron chi connectivity index (χ2n) is 4.88. The molecule has 4 nitrogen and oxygen atoms in total. The number of hydrogen-bond donors (Lipinski definition) is 0. The summed E-state index contributed by atoms with van der Waals surface area (Å²) in [7, 11) is -2.25. The van der Waals surface area contributed by atoms with Crippen LogP contribution in [0, 0.1) is 11.7 Å². The number of halogens is 1. The molecule has 106 valence electrons. The lowest BCUT2D eigenvalue weighted by Gasteiger charge is -2.29. The molecule has 0 radical (unpaired) electrons. The van der Waals surface area contributed by atoms with Gasteiger partial charge in [0.2, 0.25) is 10.0 Å². The fraction of sp³-hybridized carbons (Fsp3) is 0.538. The standard InChI is InChI=1S/C13H18FNO3S/c1-10-5-7-15(8-6-10)19(16,17)11-3-4-13(18-2)12(14)9-11/h3-4,9-10H,5-8H2,1-2H3. The lowest BCUT2D eigenvalue weighted by molar-refractivity contribution is 0.288. The van der Waals surface area contributed by atoms with Crippen LogP contribution in [-0.2, 0) is 10.0 Å². The molecule has 1 aromatic carbocycles. The Hall–Kier alpha value is -1.14. The molecule has 0 aromatic heterocycles. The largest absolute Gasteiger partial charge is 0.494 e. The van der Waals surface area contributed by atoms with Gasteiger partial charge in [-0.15, -0.1) is 0 Å².